The number of alkyl halides is 3. The molecule has 6 rings (SSSR count). The molecule has 39 heavy (non-hydrogen) atoms. The monoisotopic (exact) mass is 542 g/mol. The summed E-state index contributed by atoms with van der Waals surface area (Å²) in [6.07, 6.45) is -0.660. The minimum absolute atomic E-state index is 0.0316. The van der Waals surface area contributed by atoms with E-state index in [9.17, 15) is 28.2 Å². The highest BCUT2D eigenvalue weighted by Gasteiger charge is 2.73. The first kappa shape index (κ1) is 26.2. The van der Waals surface area contributed by atoms with Crippen molar-refractivity contribution in [3.8, 4) is 11.5 Å². The molecule has 2 N–H and O–H groups in total. The van der Waals surface area contributed by atoms with Gasteiger partial charge in [0.25, 0.3) is 0 Å². The van der Waals surface area contributed by atoms with Gasteiger partial charge in [0.1, 0.15) is 6.10 Å². The van der Waals surface area contributed by atoms with Gasteiger partial charge in [-0.25, -0.2) is 0 Å². The number of likely N-dealkylation sites (tertiary alicyclic amines) is 1. The van der Waals surface area contributed by atoms with Gasteiger partial charge >= 0.3 is 6.18 Å². The molecule has 2 fully saturated rings. The van der Waals surface area contributed by atoms with Crippen molar-refractivity contribution in [2.24, 2.45) is 0 Å². The zero-order valence-corrected chi connectivity index (χ0v) is 21.9. The number of phenolic OH excluding ortho intramolecular Hbond substituents is 1. The first-order valence-corrected chi connectivity index (χ1v) is 13.5. The van der Waals surface area contributed by atoms with Crippen LogP contribution in [0.2, 0.25) is 0 Å². The van der Waals surface area contributed by atoms with Gasteiger partial charge in [0, 0.05) is 31.6 Å². The molecule has 0 aromatic heterocycles. The van der Waals surface area contributed by atoms with Gasteiger partial charge in [0.2, 0.25) is 5.91 Å². The molecule has 1 saturated carbocycles. The lowest BCUT2D eigenvalue weighted by molar-refractivity contribution is -0.198. The van der Waals surface area contributed by atoms with Gasteiger partial charge in [-0.1, -0.05) is 30.3 Å². The number of halogens is 3. The normalized spacial score (nSPS) is 30.8. The van der Waals surface area contributed by atoms with Crippen molar-refractivity contribution in [3.63, 3.8) is 0 Å². The lowest BCUT2D eigenvalue weighted by Gasteiger charge is -2.64. The van der Waals surface area contributed by atoms with Gasteiger partial charge in [-0.2, -0.15) is 13.2 Å². The Kier molecular flexibility index (Phi) is 6.04. The predicted octanol–water partition coefficient (Wildman–Crippen LogP) is 4.21. The van der Waals surface area contributed by atoms with Gasteiger partial charge in [-0.3, -0.25) is 9.69 Å². The van der Waals surface area contributed by atoms with Crippen molar-refractivity contribution >= 4 is 5.91 Å². The summed E-state index contributed by atoms with van der Waals surface area (Å²) in [6.45, 7) is 5.29. The molecule has 4 aliphatic rings. The number of hydrogen-bond acceptors (Lipinski definition) is 5. The molecule has 2 bridgehead atoms. The second kappa shape index (κ2) is 8.99. The Morgan fingerprint density at radius 2 is 2.08 bits per heavy atom. The zero-order chi connectivity index (χ0) is 27.7. The van der Waals surface area contributed by atoms with E-state index in [1.54, 1.807) is 24.1 Å². The van der Waals surface area contributed by atoms with Crippen molar-refractivity contribution in [1.29, 1.82) is 0 Å². The molecule has 2 unspecified atom stereocenters. The van der Waals surface area contributed by atoms with Crippen LogP contribution in [0.5, 0.6) is 11.5 Å². The van der Waals surface area contributed by atoms with Gasteiger partial charge in [-0.15, -0.1) is 6.58 Å². The van der Waals surface area contributed by atoms with Crippen molar-refractivity contribution in [2.45, 2.75) is 73.9 Å². The maximum Gasteiger partial charge on any atom is 0.416 e. The number of carbonyl (C=O) groups excluding carboxylic acids is 1. The fourth-order valence-electron chi connectivity index (χ4n) is 7.90. The number of piperidine rings is 1. The average Bonchev–Trinajstić information content (AvgIpc) is 3.25. The molecule has 5 atom stereocenters. The molecule has 9 heteroatoms. The number of ether oxygens (including phenoxy) is 1. The van der Waals surface area contributed by atoms with Crippen molar-refractivity contribution in [1.82, 2.24) is 9.80 Å². The Morgan fingerprint density at radius 1 is 1.28 bits per heavy atom. The van der Waals surface area contributed by atoms with E-state index in [4.69, 9.17) is 4.74 Å². The highest BCUT2D eigenvalue weighted by atomic mass is 19.4. The quantitative estimate of drug-likeness (QED) is 0.536. The van der Waals surface area contributed by atoms with E-state index in [2.05, 4.69) is 11.5 Å². The Hall–Kier alpha value is -3.04. The standard InChI is InChI=1S/C30H33F3N2O4/c1-3-14-35-15-13-28-25-19-8-9-22(36)26(25)39-27(28)21(11-12-29(28,38)23(35)17-19)34(2)24(37)10-7-18-5-4-6-20(16-18)30(31,32)33/h3-6,8-9,16,21,23,27,36,38H,1,7,10-15,17H2,2H3/t21?,23-,27?,28+,29-/m1/s1. The molecule has 208 valence electrons. The molecule has 2 aromatic rings. The van der Waals surface area contributed by atoms with E-state index in [1.807, 2.05) is 12.1 Å². The van der Waals surface area contributed by atoms with Gasteiger partial charge in [0.15, 0.2) is 11.5 Å². The van der Waals surface area contributed by atoms with E-state index < -0.39 is 28.9 Å². The Labute approximate surface area is 225 Å². The topological polar surface area (TPSA) is 73.2 Å². The summed E-state index contributed by atoms with van der Waals surface area (Å²) in [4.78, 5) is 17.3. The molecule has 0 radical (unpaired) electrons. The van der Waals surface area contributed by atoms with Gasteiger partial charge < -0.3 is 19.8 Å². The third-order valence-corrected chi connectivity index (χ3v) is 9.68. The minimum atomic E-state index is -4.44. The summed E-state index contributed by atoms with van der Waals surface area (Å²) in [5.41, 5.74) is -0.216. The van der Waals surface area contributed by atoms with Crippen LogP contribution < -0.4 is 4.74 Å². The highest BCUT2D eigenvalue weighted by molar-refractivity contribution is 5.77. The number of phenols is 1. The fraction of sp³-hybridized carbons (Fsp3) is 0.500. The van der Waals surface area contributed by atoms with Gasteiger partial charge in [-0.05, 0) is 61.9 Å². The van der Waals surface area contributed by atoms with E-state index in [1.165, 1.54) is 6.07 Å². The maximum absolute atomic E-state index is 13.4. The highest BCUT2D eigenvalue weighted by Crippen LogP contribution is 2.65. The van der Waals surface area contributed by atoms with Crippen molar-refractivity contribution < 1.29 is 32.9 Å². The molecule has 1 spiro atoms. The van der Waals surface area contributed by atoms with Crippen molar-refractivity contribution in [3.05, 3.63) is 71.3 Å². The fourth-order valence-corrected chi connectivity index (χ4v) is 7.90. The summed E-state index contributed by atoms with van der Waals surface area (Å²) in [6, 6.07) is 8.13. The number of rotatable bonds is 6. The summed E-state index contributed by atoms with van der Waals surface area (Å²) in [5.74, 6) is 0.243. The molecule has 1 amide bonds. The molecule has 2 aliphatic heterocycles. The largest absolute Gasteiger partial charge is 0.504 e. The van der Waals surface area contributed by atoms with Crippen LogP contribution in [0.25, 0.3) is 0 Å². The molecular formula is C30H33F3N2O4. The lowest BCUT2D eigenvalue weighted by atomic mass is 9.48. The number of likely N-dealkylation sites (N-methyl/N-ethyl adjacent to an activating group) is 1. The zero-order valence-electron chi connectivity index (χ0n) is 21.9. The molecule has 2 aliphatic carbocycles. The number of aliphatic hydroxyl groups is 1. The SMILES string of the molecule is C=CCN1CC[C@]23c4c5ccc(O)c4OC2C(N(C)C(=O)CCc2cccc(C(F)(F)F)c2)CC[C@@]3(O)[C@H]1C5. The predicted molar refractivity (Wildman–Crippen MR) is 139 cm³/mol. The molecule has 6 nitrogen and oxygen atoms in total. The number of hydrogen-bond donors (Lipinski definition) is 2. The van der Waals surface area contributed by atoms with Crippen LogP contribution in [0.15, 0.2) is 49.1 Å². The number of carbonyl (C=O) groups is 1. The average molecular weight is 543 g/mol. The first-order chi connectivity index (χ1) is 18.5. The smallest absolute Gasteiger partial charge is 0.416 e. The first-order valence-electron chi connectivity index (χ1n) is 13.5. The second-order valence-corrected chi connectivity index (χ2v) is 11.4. The summed E-state index contributed by atoms with van der Waals surface area (Å²) in [5, 5.41) is 23.2. The van der Waals surface area contributed by atoms with Crippen LogP contribution in [0.3, 0.4) is 0 Å². The van der Waals surface area contributed by atoms with E-state index in [0.717, 1.165) is 29.8 Å². The number of amides is 1. The molecule has 2 aromatic carbocycles. The molecule has 1 saturated heterocycles. The third kappa shape index (κ3) is 3.73. The second-order valence-electron chi connectivity index (χ2n) is 11.4. The van der Waals surface area contributed by atoms with E-state index >= 15 is 0 Å². The van der Waals surface area contributed by atoms with Crippen LogP contribution >= 0.6 is 0 Å². The summed E-state index contributed by atoms with van der Waals surface area (Å²) >= 11 is 0. The number of nitrogens with zero attached hydrogens (tertiary/aromatic N) is 2. The summed E-state index contributed by atoms with van der Waals surface area (Å²) < 4.78 is 45.9. The van der Waals surface area contributed by atoms with E-state index in [-0.39, 0.29) is 36.6 Å². The van der Waals surface area contributed by atoms with Crippen LogP contribution in [-0.4, -0.2) is 69.8 Å². The maximum atomic E-state index is 13.4. The number of aryl methyl sites for hydroxylation is 1. The Morgan fingerprint density at radius 3 is 2.82 bits per heavy atom. The molecule has 2 heterocycles. The Balaban J connectivity index is 1.29. The Bertz CT molecular complexity index is 1330. The number of benzene rings is 2. The lowest BCUT2D eigenvalue weighted by Crippen LogP contribution is -2.78. The van der Waals surface area contributed by atoms with Crippen LogP contribution in [0.1, 0.15) is 47.9 Å². The molecular weight excluding hydrogens is 509 g/mol. The van der Waals surface area contributed by atoms with Crippen LogP contribution in [0.4, 0.5) is 13.2 Å². The third-order valence-electron chi connectivity index (χ3n) is 9.68. The van der Waals surface area contributed by atoms with Crippen molar-refractivity contribution in [2.75, 3.05) is 20.1 Å². The van der Waals surface area contributed by atoms with E-state index in [0.29, 0.717) is 43.5 Å². The van der Waals surface area contributed by atoms with Crippen LogP contribution in [0, 0.1) is 0 Å². The van der Waals surface area contributed by atoms with Crippen LogP contribution in [-0.2, 0) is 29.2 Å². The number of aromatic hydroxyl groups is 1. The minimum Gasteiger partial charge on any atom is -0.504 e. The van der Waals surface area contributed by atoms with Gasteiger partial charge in [0.05, 0.1) is 22.6 Å². The summed E-state index contributed by atoms with van der Waals surface area (Å²) in [7, 11) is 1.71.